The Labute approximate surface area is 445 Å². The molecule has 2 rings (SSSR count). The number of unbranched alkanes of at least 4 members (excludes halogenated alkanes) is 34. The molecule has 69 heavy (non-hydrogen) atoms. The molecule has 0 atom stereocenters. The van der Waals surface area contributed by atoms with Gasteiger partial charge in [0.1, 0.15) is 0 Å². The van der Waals surface area contributed by atoms with E-state index in [4.69, 9.17) is 9.98 Å². The van der Waals surface area contributed by atoms with Crippen LogP contribution in [0.1, 0.15) is 321 Å². The number of benzene rings is 2. The first-order chi connectivity index (χ1) is 33.6. The van der Waals surface area contributed by atoms with Gasteiger partial charge in [-0.1, -0.05) is 272 Å². The molecule has 2 aromatic rings. The molecule has 0 saturated carbocycles. The standard InChI is InChI=1S/C66H114N2.Pd/c1-7-13-18-19-20-21-22-23-24-25-26-27-28-29-30-31-32-33-34-35-36-37-38-39-40-41-42-47-52-66(68-64-57-61(50-45-16-10-4)54-62(58-64)51-46-17-11-5)65(12-6)67-63-55-59(48-43-14-8-2)53-60(56-63)49-44-15-9-3;/h47,52-58H,7-46,48-51H2,1-6H3;/b52-47+,67-65+,68-66+;. The van der Waals surface area contributed by atoms with Crippen LogP contribution in [0.5, 0.6) is 0 Å². The minimum Gasteiger partial charge on any atom is -0.251 e. The van der Waals surface area contributed by atoms with E-state index < -0.39 is 0 Å². The van der Waals surface area contributed by atoms with E-state index in [0.29, 0.717) is 0 Å². The van der Waals surface area contributed by atoms with Crippen molar-refractivity contribution in [2.45, 2.75) is 324 Å². The van der Waals surface area contributed by atoms with Crippen LogP contribution in [-0.2, 0) is 46.1 Å². The van der Waals surface area contributed by atoms with Crippen LogP contribution in [0.3, 0.4) is 0 Å². The van der Waals surface area contributed by atoms with E-state index >= 15 is 0 Å². The summed E-state index contributed by atoms with van der Waals surface area (Å²) in [6, 6.07) is 14.4. The van der Waals surface area contributed by atoms with Gasteiger partial charge in [0, 0.05) is 20.4 Å². The SMILES string of the molecule is CCCCCCCCCCCCCCCCCCCCCCCCCCCC/C=C/C(=N\c1cc(CCCCC)cc(CCCCC)c1)C(/CC)=N/c1cc(CCCCC)cc(CCCCC)c1.[Pd]. The number of aryl methyl sites for hydroxylation is 4. The molecule has 0 aliphatic heterocycles. The van der Waals surface area contributed by atoms with Gasteiger partial charge in [0.25, 0.3) is 0 Å². The van der Waals surface area contributed by atoms with E-state index in [-0.39, 0.29) is 20.4 Å². The van der Waals surface area contributed by atoms with Crippen LogP contribution in [0.15, 0.2) is 58.5 Å². The summed E-state index contributed by atoms with van der Waals surface area (Å²) in [5.74, 6) is 0. The van der Waals surface area contributed by atoms with Crippen LogP contribution in [0.25, 0.3) is 0 Å². The Kier molecular flexibility index (Phi) is 45.8. The fraction of sp³-hybridized carbons (Fsp3) is 0.758. The molecule has 0 aliphatic rings. The molecule has 0 radical (unpaired) electrons. The van der Waals surface area contributed by atoms with Gasteiger partial charge in [-0.2, -0.15) is 0 Å². The third-order valence-electron chi connectivity index (χ3n) is 14.5. The van der Waals surface area contributed by atoms with E-state index in [1.54, 1.807) is 0 Å². The zero-order chi connectivity index (χ0) is 48.8. The molecule has 2 aromatic carbocycles. The summed E-state index contributed by atoms with van der Waals surface area (Å²) >= 11 is 0. The topological polar surface area (TPSA) is 24.7 Å². The molecule has 2 nitrogen and oxygen atoms in total. The third-order valence-corrected chi connectivity index (χ3v) is 14.5. The van der Waals surface area contributed by atoms with Crippen molar-refractivity contribution in [3.05, 3.63) is 70.8 Å². The molecular formula is C66H114N2Pd. The van der Waals surface area contributed by atoms with Crippen LogP contribution >= 0.6 is 0 Å². The summed E-state index contributed by atoms with van der Waals surface area (Å²) < 4.78 is 0. The zero-order valence-corrected chi connectivity index (χ0v) is 48.5. The van der Waals surface area contributed by atoms with Crippen molar-refractivity contribution in [2.24, 2.45) is 9.98 Å². The van der Waals surface area contributed by atoms with Crippen molar-refractivity contribution in [3.8, 4) is 0 Å². The zero-order valence-electron chi connectivity index (χ0n) is 46.9. The normalized spacial score (nSPS) is 12.1. The largest absolute Gasteiger partial charge is 0.251 e. The fourth-order valence-electron chi connectivity index (χ4n) is 10.1. The van der Waals surface area contributed by atoms with Gasteiger partial charge < -0.3 is 0 Å². The van der Waals surface area contributed by atoms with Crippen molar-refractivity contribution >= 4 is 22.8 Å². The summed E-state index contributed by atoms with van der Waals surface area (Å²) in [6.45, 7) is 13.8. The first kappa shape index (κ1) is 65.2. The van der Waals surface area contributed by atoms with Crippen LogP contribution in [-0.4, -0.2) is 11.4 Å². The minimum atomic E-state index is 0. The first-order valence-corrected chi connectivity index (χ1v) is 30.6. The summed E-state index contributed by atoms with van der Waals surface area (Å²) in [7, 11) is 0. The second-order valence-corrected chi connectivity index (χ2v) is 21.3. The number of hydrogen-bond acceptors (Lipinski definition) is 2. The second kappa shape index (κ2) is 48.4. The molecule has 0 spiro atoms. The quantitative estimate of drug-likeness (QED) is 0.0358. The Morgan fingerprint density at radius 1 is 0.319 bits per heavy atom. The molecule has 0 unspecified atom stereocenters. The Bertz CT molecular complexity index is 1480. The Balaban J connectivity index is 0.0000238. The van der Waals surface area contributed by atoms with Crippen molar-refractivity contribution in [1.29, 1.82) is 0 Å². The van der Waals surface area contributed by atoms with Gasteiger partial charge in [-0.25, -0.2) is 4.99 Å². The Morgan fingerprint density at radius 3 is 0.870 bits per heavy atom. The molecule has 3 heteroatoms. The number of allylic oxidation sites excluding steroid dienone is 2. The van der Waals surface area contributed by atoms with Gasteiger partial charge in [-0.05, 0) is 123 Å². The minimum absolute atomic E-state index is 0. The molecule has 0 aromatic heterocycles. The van der Waals surface area contributed by atoms with Gasteiger partial charge >= 0.3 is 0 Å². The molecular weight excluding hydrogens is 927 g/mol. The summed E-state index contributed by atoms with van der Waals surface area (Å²) in [6.07, 6.45) is 63.9. The van der Waals surface area contributed by atoms with Crippen LogP contribution in [0.2, 0.25) is 0 Å². The van der Waals surface area contributed by atoms with Crippen molar-refractivity contribution < 1.29 is 20.4 Å². The maximum Gasteiger partial charge on any atom is 0.0848 e. The Hall–Kier alpha value is -1.82. The van der Waals surface area contributed by atoms with E-state index in [0.717, 1.165) is 61.3 Å². The maximum atomic E-state index is 5.50. The number of nitrogens with zero attached hydrogens (tertiary/aromatic N) is 2. The molecule has 0 aliphatic carbocycles. The summed E-state index contributed by atoms with van der Waals surface area (Å²) in [5.41, 5.74) is 10.2. The van der Waals surface area contributed by atoms with Crippen LogP contribution < -0.4 is 0 Å². The number of aliphatic imine (C=N–C) groups is 2. The molecule has 0 fully saturated rings. The van der Waals surface area contributed by atoms with E-state index in [1.807, 2.05) is 0 Å². The molecule has 0 heterocycles. The van der Waals surface area contributed by atoms with E-state index in [9.17, 15) is 0 Å². The van der Waals surface area contributed by atoms with Crippen molar-refractivity contribution in [2.75, 3.05) is 0 Å². The number of rotatable bonds is 48. The average molecular weight is 1040 g/mol. The van der Waals surface area contributed by atoms with Gasteiger partial charge in [-0.15, -0.1) is 0 Å². The smallest absolute Gasteiger partial charge is 0.0848 e. The summed E-state index contributed by atoms with van der Waals surface area (Å²) in [5, 5.41) is 0. The predicted molar refractivity (Wildman–Crippen MR) is 310 cm³/mol. The van der Waals surface area contributed by atoms with E-state index in [2.05, 4.69) is 90.1 Å². The van der Waals surface area contributed by atoms with Gasteiger partial charge in [0.05, 0.1) is 22.8 Å². The molecule has 0 amide bonds. The van der Waals surface area contributed by atoms with Gasteiger partial charge in [-0.3, -0.25) is 4.99 Å². The van der Waals surface area contributed by atoms with Crippen LogP contribution in [0, 0.1) is 0 Å². The Morgan fingerprint density at radius 2 is 0.580 bits per heavy atom. The molecule has 398 valence electrons. The molecule has 0 saturated heterocycles. The maximum absolute atomic E-state index is 5.50. The molecule has 0 bridgehead atoms. The number of hydrogen-bond donors (Lipinski definition) is 0. The predicted octanol–water partition coefficient (Wildman–Crippen LogP) is 23.0. The van der Waals surface area contributed by atoms with Crippen molar-refractivity contribution in [3.63, 3.8) is 0 Å². The van der Waals surface area contributed by atoms with E-state index in [1.165, 1.54) is 266 Å². The molecule has 0 N–H and O–H groups in total. The van der Waals surface area contributed by atoms with Gasteiger partial charge in [0.2, 0.25) is 0 Å². The van der Waals surface area contributed by atoms with Crippen LogP contribution in [0.4, 0.5) is 11.4 Å². The monoisotopic (exact) mass is 1040 g/mol. The van der Waals surface area contributed by atoms with Gasteiger partial charge in [0.15, 0.2) is 0 Å². The first-order valence-electron chi connectivity index (χ1n) is 30.6. The summed E-state index contributed by atoms with van der Waals surface area (Å²) in [4.78, 5) is 11.0. The fourth-order valence-corrected chi connectivity index (χ4v) is 10.1. The van der Waals surface area contributed by atoms with Crippen molar-refractivity contribution in [1.82, 2.24) is 0 Å². The third kappa shape index (κ3) is 36.7. The second-order valence-electron chi connectivity index (χ2n) is 21.3. The average Bonchev–Trinajstić information content (AvgIpc) is 3.34.